The van der Waals surface area contributed by atoms with Gasteiger partial charge in [0, 0.05) is 24.5 Å². The minimum Gasteiger partial charge on any atom is -0.486 e. The van der Waals surface area contributed by atoms with E-state index in [2.05, 4.69) is 10.3 Å². The van der Waals surface area contributed by atoms with Crippen molar-refractivity contribution >= 4 is 42.1 Å². The molecule has 8 heteroatoms. The summed E-state index contributed by atoms with van der Waals surface area (Å²) < 4.78 is 5.88. The second-order valence-electron chi connectivity index (χ2n) is 6.02. The van der Waals surface area contributed by atoms with Crippen LogP contribution in [0.15, 0.2) is 29.6 Å². The fourth-order valence-electron chi connectivity index (χ4n) is 2.96. The van der Waals surface area contributed by atoms with Gasteiger partial charge in [0.1, 0.15) is 12.4 Å². The molecule has 1 unspecified atom stereocenters. The van der Waals surface area contributed by atoms with Crippen molar-refractivity contribution in [1.82, 2.24) is 15.2 Å². The highest BCUT2D eigenvalue weighted by atomic mass is 35.5. The molecule has 1 aromatic heterocycles. The number of nitrogens with zero attached hydrogens (tertiary/aromatic N) is 2. The van der Waals surface area contributed by atoms with Crippen molar-refractivity contribution in [1.29, 1.82) is 0 Å². The molecule has 1 aliphatic heterocycles. The zero-order valence-corrected chi connectivity index (χ0v) is 17.4. The van der Waals surface area contributed by atoms with Crippen LogP contribution in [0.2, 0.25) is 0 Å². The summed E-state index contributed by atoms with van der Waals surface area (Å²) in [5.74, 6) is 0.666. The molecule has 1 amide bonds. The van der Waals surface area contributed by atoms with E-state index in [0.717, 1.165) is 36.6 Å². The smallest absolute Gasteiger partial charge is 0.257 e. The molecule has 2 heterocycles. The topological polar surface area (TPSA) is 54.5 Å². The number of nitrogens with one attached hydrogen (secondary N) is 1. The van der Waals surface area contributed by atoms with Crippen molar-refractivity contribution < 1.29 is 9.53 Å². The van der Waals surface area contributed by atoms with Crippen LogP contribution in [0.4, 0.5) is 0 Å². The molecule has 1 saturated heterocycles. The predicted octanol–water partition coefficient (Wildman–Crippen LogP) is 3.70. The SMILES string of the molecule is CNC1CCCN(C(=O)c2ccccc2OCc2csc(C)n2)C1.Cl.Cl. The fourth-order valence-corrected chi connectivity index (χ4v) is 3.56. The molecule has 0 aliphatic carbocycles. The number of aromatic nitrogens is 1. The second-order valence-corrected chi connectivity index (χ2v) is 7.08. The first kappa shape index (κ1) is 22.7. The van der Waals surface area contributed by atoms with Gasteiger partial charge >= 0.3 is 0 Å². The largest absolute Gasteiger partial charge is 0.486 e. The number of amides is 1. The highest BCUT2D eigenvalue weighted by Gasteiger charge is 2.25. The van der Waals surface area contributed by atoms with Gasteiger partial charge in [0.25, 0.3) is 5.91 Å². The van der Waals surface area contributed by atoms with Gasteiger partial charge in [0.05, 0.1) is 16.3 Å². The molecule has 1 aliphatic rings. The van der Waals surface area contributed by atoms with Crippen LogP contribution in [0.25, 0.3) is 0 Å². The van der Waals surface area contributed by atoms with E-state index in [4.69, 9.17) is 4.74 Å². The molecule has 3 rings (SSSR count). The number of aryl methyl sites for hydroxylation is 1. The van der Waals surface area contributed by atoms with Gasteiger partial charge in [-0.1, -0.05) is 12.1 Å². The van der Waals surface area contributed by atoms with Crippen molar-refractivity contribution in [2.45, 2.75) is 32.4 Å². The third kappa shape index (κ3) is 5.58. The molecule has 1 N–H and O–H groups in total. The Hall–Kier alpha value is -1.34. The van der Waals surface area contributed by atoms with E-state index in [-0.39, 0.29) is 30.7 Å². The Morgan fingerprint density at radius 2 is 2.15 bits per heavy atom. The third-order valence-electron chi connectivity index (χ3n) is 4.28. The van der Waals surface area contributed by atoms with E-state index in [1.165, 1.54) is 0 Å². The maximum atomic E-state index is 12.9. The Morgan fingerprint density at radius 3 is 2.85 bits per heavy atom. The van der Waals surface area contributed by atoms with Gasteiger partial charge in [-0.05, 0) is 38.9 Å². The van der Waals surface area contributed by atoms with Gasteiger partial charge in [-0.3, -0.25) is 4.79 Å². The first-order valence-electron chi connectivity index (χ1n) is 8.26. The number of hydrogen-bond acceptors (Lipinski definition) is 5. The van der Waals surface area contributed by atoms with E-state index in [9.17, 15) is 4.79 Å². The highest BCUT2D eigenvalue weighted by molar-refractivity contribution is 7.09. The Labute approximate surface area is 171 Å². The number of likely N-dealkylation sites (N-methyl/N-ethyl adjacent to an activating group) is 1. The number of halogens is 2. The van der Waals surface area contributed by atoms with Crippen LogP contribution < -0.4 is 10.1 Å². The van der Waals surface area contributed by atoms with Gasteiger partial charge in [-0.2, -0.15) is 0 Å². The molecular weight excluding hydrogens is 393 g/mol. The number of thiazole rings is 1. The van der Waals surface area contributed by atoms with E-state index in [0.29, 0.717) is 24.0 Å². The molecule has 0 saturated carbocycles. The normalized spacial score (nSPS) is 16.4. The van der Waals surface area contributed by atoms with Gasteiger partial charge in [0.2, 0.25) is 0 Å². The van der Waals surface area contributed by atoms with Crippen molar-refractivity contribution in [2.24, 2.45) is 0 Å². The lowest BCUT2D eigenvalue weighted by Gasteiger charge is -2.33. The molecule has 1 aromatic carbocycles. The molecule has 0 spiro atoms. The zero-order valence-electron chi connectivity index (χ0n) is 14.9. The van der Waals surface area contributed by atoms with E-state index in [1.54, 1.807) is 11.3 Å². The summed E-state index contributed by atoms with van der Waals surface area (Å²) in [4.78, 5) is 19.2. The lowest BCUT2D eigenvalue weighted by Crippen LogP contribution is -2.47. The Kier molecular flexibility index (Phi) is 9.36. The summed E-state index contributed by atoms with van der Waals surface area (Å²) in [7, 11) is 1.95. The summed E-state index contributed by atoms with van der Waals surface area (Å²) in [6.45, 7) is 3.90. The number of benzene rings is 1. The van der Waals surface area contributed by atoms with Crippen LogP contribution in [0.1, 0.15) is 33.9 Å². The summed E-state index contributed by atoms with van der Waals surface area (Å²) in [6.07, 6.45) is 2.14. The maximum Gasteiger partial charge on any atom is 0.257 e. The second kappa shape index (κ2) is 10.7. The fraction of sp³-hybridized carbons (Fsp3) is 0.444. The number of carbonyl (C=O) groups excluding carboxylic acids is 1. The van der Waals surface area contributed by atoms with Crippen molar-refractivity contribution in [3.63, 3.8) is 0 Å². The standard InChI is InChI=1S/C18H23N3O2S.2ClH/c1-13-20-15(12-24-13)11-23-17-8-4-3-7-16(17)18(22)21-9-5-6-14(10-21)19-2;;/h3-4,7-8,12,14,19H,5-6,9-11H2,1-2H3;2*1H. The van der Waals surface area contributed by atoms with Crippen molar-refractivity contribution in [3.8, 4) is 5.75 Å². The first-order valence-corrected chi connectivity index (χ1v) is 9.14. The van der Waals surface area contributed by atoms with Crippen LogP contribution in [0.3, 0.4) is 0 Å². The molecule has 1 atom stereocenters. The van der Waals surface area contributed by atoms with Gasteiger partial charge in [-0.25, -0.2) is 4.98 Å². The maximum absolute atomic E-state index is 12.9. The van der Waals surface area contributed by atoms with Crippen LogP contribution in [-0.4, -0.2) is 42.0 Å². The van der Waals surface area contributed by atoms with Gasteiger partial charge in [0.15, 0.2) is 0 Å². The lowest BCUT2D eigenvalue weighted by molar-refractivity contribution is 0.0693. The van der Waals surface area contributed by atoms with Gasteiger partial charge in [-0.15, -0.1) is 36.2 Å². The summed E-state index contributed by atoms with van der Waals surface area (Å²) in [6, 6.07) is 7.84. The third-order valence-corrected chi connectivity index (χ3v) is 5.10. The number of likely N-dealkylation sites (tertiary alicyclic amines) is 1. The monoisotopic (exact) mass is 417 g/mol. The minimum absolute atomic E-state index is 0. The van der Waals surface area contributed by atoms with E-state index >= 15 is 0 Å². The van der Waals surface area contributed by atoms with Crippen molar-refractivity contribution in [2.75, 3.05) is 20.1 Å². The number of carbonyl (C=O) groups is 1. The summed E-state index contributed by atoms with van der Waals surface area (Å²) >= 11 is 1.60. The molecule has 2 aromatic rings. The Balaban J connectivity index is 0.00000169. The molecule has 5 nitrogen and oxygen atoms in total. The molecule has 144 valence electrons. The molecule has 0 radical (unpaired) electrons. The molecule has 0 bridgehead atoms. The van der Waals surface area contributed by atoms with Crippen LogP contribution in [0.5, 0.6) is 5.75 Å². The zero-order chi connectivity index (χ0) is 16.9. The highest BCUT2D eigenvalue weighted by Crippen LogP contribution is 2.23. The number of rotatable bonds is 5. The van der Waals surface area contributed by atoms with Crippen LogP contribution in [-0.2, 0) is 6.61 Å². The average Bonchev–Trinajstić information content (AvgIpc) is 3.05. The lowest BCUT2D eigenvalue weighted by atomic mass is 10.0. The first-order chi connectivity index (χ1) is 11.7. The van der Waals surface area contributed by atoms with E-state index in [1.807, 2.05) is 48.5 Å². The number of para-hydroxylation sites is 1. The van der Waals surface area contributed by atoms with Crippen LogP contribution in [0, 0.1) is 6.92 Å². The number of ether oxygens (including phenoxy) is 1. The van der Waals surface area contributed by atoms with Gasteiger partial charge < -0.3 is 15.0 Å². The molecule has 26 heavy (non-hydrogen) atoms. The Morgan fingerprint density at radius 1 is 1.38 bits per heavy atom. The molecular formula is C18H25Cl2N3O2S. The predicted molar refractivity (Wildman–Crippen MR) is 110 cm³/mol. The van der Waals surface area contributed by atoms with Crippen molar-refractivity contribution in [3.05, 3.63) is 45.9 Å². The van der Waals surface area contributed by atoms with Crippen LogP contribution >= 0.6 is 36.2 Å². The Bertz CT molecular complexity index is 711. The number of hydrogen-bond donors (Lipinski definition) is 1. The molecule has 1 fully saturated rings. The summed E-state index contributed by atoms with van der Waals surface area (Å²) in [5, 5.41) is 6.28. The number of piperidine rings is 1. The minimum atomic E-state index is 0. The average molecular weight is 418 g/mol. The van der Waals surface area contributed by atoms with E-state index < -0.39 is 0 Å². The quantitative estimate of drug-likeness (QED) is 0.805. The summed E-state index contributed by atoms with van der Waals surface area (Å²) in [5.41, 5.74) is 1.52.